The van der Waals surface area contributed by atoms with Crippen molar-refractivity contribution in [3.8, 4) is 5.75 Å². The van der Waals surface area contributed by atoms with Gasteiger partial charge in [0.05, 0.1) is 0 Å². The molecule has 2 rings (SSSR count). The standard InChI is InChI=1S/C14H16N2O/c15-9-11-3-1-5-13(7-11)16-10-12-4-2-6-14(17)8-12/h1-8,16-17H,9-10,15H2. The van der Waals surface area contributed by atoms with Gasteiger partial charge in [0.1, 0.15) is 5.75 Å². The number of hydrogen-bond donors (Lipinski definition) is 3. The van der Waals surface area contributed by atoms with E-state index in [1.54, 1.807) is 12.1 Å². The molecule has 0 heterocycles. The van der Waals surface area contributed by atoms with Crippen LogP contribution in [0.25, 0.3) is 0 Å². The lowest BCUT2D eigenvalue weighted by molar-refractivity contribution is 0.474. The van der Waals surface area contributed by atoms with Gasteiger partial charge in [0, 0.05) is 18.8 Å². The van der Waals surface area contributed by atoms with Crippen LogP contribution in [0, 0.1) is 0 Å². The number of anilines is 1. The Balaban J connectivity index is 2.02. The first-order chi connectivity index (χ1) is 8.28. The maximum absolute atomic E-state index is 9.35. The first-order valence-electron chi connectivity index (χ1n) is 5.59. The number of phenols is 1. The summed E-state index contributed by atoms with van der Waals surface area (Å²) in [6, 6.07) is 15.2. The van der Waals surface area contributed by atoms with E-state index >= 15 is 0 Å². The van der Waals surface area contributed by atoms with Crippen molar-refractivity contribution in [3.05, 3.63) is 59.7 Å². The summed E-state index contributed by atoms with van der Waals surface area (Å²) in [6.07, 6.45) is 0. The average Bonchev–Trinajstić information content (AvgIpc) is 2.37. The van der Waals surface area contributed by atoms with Gasteiger partial charge in [-0.3, -0.25) is 0 Å². The molecule has 2 aromatic rings. The van der Waals surface area contributed by atoms with E-state index in [0.29, 0.717) is 18.8 Å². The van der Waals surface area contributed by atoms with E-state index in [2.05, 4.69) is 5.32 Å². The van der Waals surface area contributed by atoms with Crippen LogP contribution in [-0.2, 0) is 13.1 Å². The summed E-state index contributed by atoms with van der Waals surface area (Å²) in [5.41, 5.74) is 8.77. The highest BCUT2D eigenvalue weighted by Gasteiger charge is 1.96. The van der Waals surface area contributed by atoms with Crippen LogP contribution in [-0.4, -0.2) is 5.11 Å². The number of nitrogens with one attached hydrogen (secondary N) is 1. The second-order valence-electron chi connectivity index (χ2n) is 3.93. The molecule has 17 heavy (non-hydrogen) atoms. The van der Waals surface area contributed by atoms with Gasteiger partial charge in [0.15, 0.2) is 0 Å². The molecule has 0 saturated heterocycles. The van der Waals surface area contributed by atoms with Crippen molar-refractivity contribution in [2.45, 2.75) is 13.1 Å². The van der Waals surface area contributed by atoms with Gasteiger partial charge in [0.25, 0.3) is 0 Å². The number of benzene rings is 2. The molecule has 0 atom stereocenters. The lowest BCUT2D eigenvalue weighted by Crippen LogP contribution is -2.01. The van der Waals surface area contributed by atoms with Gasteiger partial charge in [-0.1, -0.05) is 24.3 Å². The molecule has 0 saturated carbocycles. The molecule has 3 nitrogen and oxygen atoms in total. The molecule has 4 N–H and O–H groups in total. The number of hydrogen-bond acceptors (Lipinski definition) is 3. The van der Waals surface area contributed by atoms with E-state index in [0.717, 1.165) is 16.8 Å². The summed E-state index contributed by atoms with van der Waals surface area (Å²) in [4.78, 5) is 0. The van der Waals surface area contributed by atoms with Gasteiger partial charge in [-0.25, -0.2) is 0 Å². The molecular formula is C14H16N2O. The Hall–Kier alpha value is -2.00. The summed E-state index contributed by atoms with van der Waals surface area (Å²) in [5.74, 6) is 0.292. The smallest absolute Gasteiger partial charge is 0.115 e. The number of rotatable bonds is 4. The Morgan fingerprint density at radius 1 is 1.00 bits per heavy atom. The zero-order chi connectivity index (χ0) is 12.1. The Morgan fingerprint density at radius 3 is 2.53 bits per heavy atom. The molecule has 0 spiro atoms. The van der Waals surface area contributed by atoms with Gasteiger partial charge < -0.3 is 16.2 Å². The minimum absolute atomic E-state index is 0.292. The van der Waals surface area contributed by atoms with E-state index in [1.807, 2.05) is 36.4 Å². The zero-order valence-electron chi connectivity index (χ0n) is 9.56. The molecule has 88 valence electrons. The number of phenolic OH excluding ortho intramolecular Hbond substituents is 1. The second-order valence-corrected chi connectivity index (χ2v) is 3.93. The van der Waals surface area contributed by atoms with Gasteiger partial charge in [0.2, 0.25) is 0 Å². The highest BCUT2D eigenvalue weighted by atomic mass is 16.3. The second kappa shape index (κ2) is 5.37. The van der Waals surface area contributed by atoms with Crippen LogP contribution in [0.5, 0.6) is 5.75 Å². The van der Waals surface area contributed by atoms with Crippen molar-refractivity contribution in [1.29, 1.82) is 0 Å². The Morgan fingerprint density at radius 2 is 1.76 bits per heavy atom. The quantitative estimate of drug-likeness (QED) is 0.753. The molecule has 0 aliphatic heterocycles. The highest BCUT2D eigenvalue weighted by Crippen LogP contribution is 2.14. The van der Waals surface area contributed by atoms with Gasteiger partial charge >= 0.3 is 0 Å². The molecule has 2 aromatic carbocycles. The normalized spacial score (nSPS) is 10.2. The van der Waals surface area contributed by atoms with Crippen molar-refractivity contribution in [2.75, 3.05) is 5.32 Å². The third-order valence-electron chi connectivity index (χ3n) is 2.57. The fourth-order valence-electron chi connectivity index (χ4n) is 1.68. The van der Waals surface area contributed by atoms with E-state index in [1.165, 1.54) is 0 Å². The van der Waals surface area contributed by atoms with Crippen LogP contribution < -0.4 is 11.1 Å². The van der Waals surface area contributed by atoms with Crippen molar-refractivity contribution in [2.24, 2.45) is 5.73 Å². The minimum Gasteiger partial charge on any atom is -0.508 e. The molecule has 0 bridgehead atoms. The molecule has 0 radical (unpaired) electrons. The predicted octanol–water partition coefficient (Wildman–Crippen LogP) is 2.46. The van der Waals surface area contributed by atoms with Crippen LogP contribution in [0.2, 0.25) is 0 Å². The van der Waals surface area contributed by atoms with Crippen LogP contribution >= 0.6 is 0 Å². The molecular weight excluding hydrogens is 212 g/mol. The van der Waals surface area contributed by atoms with Crippen molar-refractivity contribution >= 4 is 5.69 Å². The summed E-state index contributed by atoms with van der Waals surface area (Å²) in [7, 11) is 0. The molecule has 0 fully saturated rings. The van der Waals surface area contributed by atoms with Crippen LogP contribution in [0.4, 0.5) is 5.69 Å². The van der Waals surface area contributed by atoms with E-state index < -0.39 is 0 Å². The van der Waals surface area contributed by atoms with Gasteiger partial charge in [-0.15, -0.1) is 0 Å². The molecule has 0 amide bonds. The average molecular weight is 228 g/mol. The Labute approximate surface area is 101 Å². The molecule has 0 aliphatic carbocycles. The van der Waals surface area contributed by atoms with E-state index in [-0.39, 0.29) is 0 Å². The van der Waals surface area contributed by atoms with Crippen LogP contribution in [0.15, 0.2) is 48.5 Å². The summed E-state index contributed by atoms with van der Waals surface area (Å²) < 4.78 is 0. The van der Waals surface area contributed by atoms with Crippen molar-refractivity contribution in [3.63, 3.8) is 0 Å². The predicted molar refractivity (Wildman–Crippen MR) is 69.8 cm³/mol. The first-order valence-corrected chi connectivity index (χ1v) is 5.59. The van der Waals surface area contributed by atoms with E-state index in [9.17, 15) is 5.11 Å². The molecule has 0 aromatic heterocycles. The monoisotopic (exact) mass is 228 g/mol. The lowest BCUT2D eigenvalue weighted by atomic mass is 10.2. The Kier molecular flexibility index (Phi) is 3.62. The molecule has 3 heteroatoms. The fraction of sp³-hybridized carbons (Fsp3) is 0.143. The first kappa shape index (κ1) is 11.5. The summed E-state index contributed by atoms with van der Waals surface area (Å²) >= 11 is 0. The van der Waals surface area contributed by atoms with Gasteiger partial charge in [-0.05, 0) is 35.4 Å². The number of aromatic hydroxyl groups is 1. The SMILES string of the molecule is NCc1cccc(NCc2cccc(O)c2)c1. The maximum atomic E-state index is 9.35. The van der Waals surface area contributed by atoms with Crippen LogP contribution in [0.1, 0.15) is 11.1 Å². The summed E-state index contributed by atoms with van der Waals surface area (Å²) in [5, 5.41) is 12.6. The highest BCUT2D eigenvalue weighted by molar-refractivity contribution is 5.46. The topological polar surface area (TPSA) is 58.3 Å². The molecule has 0 aliphatic rings. The molecule has 0 unspecified atom stereocenters. The van der Waals surface area contributed by atoms with Crippen molar-refractivity contribution in [1.82, 2.24) is 0 Å². The van der Waals surface area contributed by atoms with E-state index in [4.69, 9.17) is 5.73 Å². The fourth-order valence-corrected chi connectivity index (χ4v) is 1.68. The third-order valence-corrected chi connectivity index (χ3v) is 2.57. The third kappa shape index (κ3) is 3.23. The Bertz CT molecular complexity index is 497. The largest absolute Gasteiger partial charge is 0.508 e. The zero-order valence-corrected chi connectivity index (χ0v) is 9.56. The lowest BCUT2D eigenvalue weighted by Gasteiger charge is -2.08. The van der Waals surface area contributed by atoms with Crippen LogP contribution in [0.3, 0.4) is 0 Å². The minimum atomic E-state index is 0.292. The maximum Gasteiger partial charge on any atom is 0.115 e. The van der Waals surface area contributed by atoms with Gasteiger partial charge in [-0.2, -0.15) is 0 Å². The van der Waals surface area contributed by atoms with Crippen molar-refractivity contribution < 1.29 is 5.11 Å². The number of nitrogens with two attached hydrogens (primary N) is 1. The summed E-state index contributed by atoms with van der Waals surface area (Å²) in [6.45, 7) is 1.23.